The minimum absolute atomic E-state index is 0.0653. The largest absolute Gasteiger partial charge is 0.483 e. The third kappa shape index (κ3) is 3.90. The van der Waals surface area contributed by atoms with E-state index in [0.717, 1.165) is 0 Å². The van der Waals surface area contributed by atoms with Crippen molar-refractivity contribution in [3.63, 3.8) is 0 Å². The molecule has 3 aromatic rings. The van der Waals surface area contributed by atoms with Gasteiger partial charge >= 0.3 is 0 Å². The first kappa shape index (κ1) is 24.5. The Labute approximate surface area is 214 Å². The van der Waals surface area contributed by atoms with Crippen molar-refractivity contribution in [1.82, 2.24) is 24.8 Å². The summed E-state index contributed by atoms with van der Waals surface area (Å²) in [5.41, 5.74) is 5.48. The third-order valence-electron chi connectivity index (χ3n) is 6.88. The predicted molar refractivity (Wildman–Crippen MR) is 129 cm³/mol. The van der Waals surface area contributed by atoms with Crippen LogP contribution in [0, 0.1) is 11.3 Å². The maximum Gasteiger partial charge on any atom is 0.255 e. The van der Waals surface area contributed by atoms with Gasteiger partial charge in [0.2, 0.25) is 11.2 Å². The van der Waals surface area contributed by atoms with Crippen molar-refractivity contribution in [2.75, 3.05) is 19.0 Å². The van der Waals surface area contributed by atoms with Gasteiger partial charge in [0.1, 0.15) is 11.9 Å². The minimum atomic E-state index is -1.22. The Kier molecular flexibility index (Phi) is 6.15. The fourth-order valence-electron chi connectivity index (χ4n) is 5.17. The predicted octanol–water partition coefficient (Wildman–Crippen LogP) is 0.638. The van der Waals surface area contributed by atoms with E-state index in [2.05, 4.69) is 25.6 Å². The first-order chi connectivity index (χ1) is 17.2. The number of hydrogen-bond donors (Lipinski definition) is 5. The van der Waals surface area contributed by atoms with Gasteiger partial charge in [-0.15, -0.1) is 0 Å². The van der Waals surface area contributed by atoms with E-state index in [-0.39, 0.29) is 30.3 Å². The summed E-state index contributed by atoms with van der Waals surface area (Å²) >= 11 is 12.4. The quantitative estimate of drug-likeness (QED) is 0.259. The number of fused-ring (bicyclic) bond motifs is 2. The van der Waals surface area contributed by atoms with Gasteiger partial charge in [-0.3, -0.25) is 9.59 Å². The van der Waals surface area contributed by atoms with Gasteiger partial charge in [0, 0.05) is 30.1 Å². The highest BCUT2D eigenvalue weighted by Crippen LogP contribution is 2.67. The number of nitrogens with one attached hydrogen (secondary N) is 2. The zero-order chi connectivity index (χ0) is 25.8. The number of nitrogens with zero attached hydrogens (tertiary/aromatic N) is 4. The highest BCUT2D eigenvalue weighted by atomic mass is 35.5. The van der Waals surface area contributed by atoms with Crippen molar-refractivity contribution < 1.29 is 24.5 Å². The summed E-state index contributed by atoms with van der Waals surface area (Å²) in [5, 5.41) is 27.6. The van der Waals surface area contributed by atoms with E-state index in [1.165, 1.54) is 13.4 Å². The maximum absolute atomic E-state index is 12.5. The van der Waals surface area contributed by atoms with Gasteiger partial charge in [0.05, 0.1) is 23.9 Å². The smallest absolute Gasteiger partial charge is 0.255 e. The van der Waals surface area contributed by atoms with Crippen molar-refractivity contribution in [1.29, 1.82) is 0 Å². The number of carbonyl (C=O) groups excluding carboxylic acids is 2. The number of anilines is 1. The number of carbonyl (C=O) groups is 2. The lowest BCUT2D eigenvalue weighted by Gasteiger charge is -2.23. The fraction of sp³-hybridized carbons (Fsp3) is 0.409. The summed E-state index contributed by atoms with van der Waals surface area (Å²) in [7, 11) is 1.50. The van der Waals surface area contributed by atoms with Crippen LogP contribution in [0.2, 0.25) is 10.3 Å². The average Bonchev–Trinajstić information content (AvgIpc) is 3.38. The molecule has 2 heterocycles. The Hall–Kier alpha value is -3.19. The van der Waals surface area contributed by atoms with Gasteiger partial charge in [-0.2, -0.15) is 9.97 Å². The second-order valence-electron chi connectivity index (χ2n) is 8.88. The molecule has 0 saturated heterocycles. The normalized spacial score (nSPS) is 26.5. The van der Waals surface area contributed by atoms with Crippen LogP contribution in [0.4, 0.5) is 5.82 Å². The average molecular weight is 536 g/mol. The van der Waals surface area contributed by atoms with Crippen LogP contribution < -0.4 is 21.1 Å². The number of rotatable bonds is 8. The molecule has 2 aromatic heterocycles. The zero-order valence-corrected chi connectivity index (χ0v) is 20.5. The molecule has 5 atom stereocenters. The van der Waals surface area contributed by atoms with Crippen molar-refractivity contribution in [3.8, 4) is 5.75 Å². The molecule has 2 amide bonds. The van der Waals surface area contributed by atoms with Crippen molar-refractivity contribution in [2.45, 2.75) is 31.2 Å². The van der Waals surface area contributed by atoms with E-state index in [4.69, 9.17) is 33.7 Å². The van der Waals surface area contributed by atoms with Crippen LogP contribution in [-0.2, 0) is 16.1 Å². The number of ether oxygens (including phenoxy) is 1. The number of primary amides is 1. The Bertz CT molecular complexity index is 1370. The summed E-state index contributed by atoms with van der Waals surface area (Å²) < 4.78 is 7.10. The van der Waals surface area contributed by atoms with E-state index in [1.807, 2.05) is 0 Å². The first-order valence-electron chi connectivity index (χ1n) is 11.1. The molecular weight excluding hydrogens is 513 g/mol. The molecule has 5 rings (SSSR count). The molecule has 36 heavy (non-hydrogen) atoms. The molecule has 0 unspecified atom stereocenters. The molecule has 0 aliphatic heterocycles. The molecule has 1 aromatic carbocycles. The number of aliphatic hydroxyl groups is 2. The standard InChI is InChI=1S/C22H23Cl2N7O5/c1-26-20(35)22-5-11(22)15(16(33)17(22)34)31-8-28-14-18(29-21(24)30-19(14)31)27-6-9-4-10(23)2-3-12(9)36-7-13(25)32/h2-4,8,11,15-17,33-34H,5-7H2,1H3,(H2,25,32)(H,26,35)(H,27,29,30)/t11-,15+,16-,17-,22+/m0/s1. The van der Waals surface area contributed by atoms with Crippen LogP contribution in [0.25, 0.3) is 11.2 Å². The second-order valence-corrected chi connectivity index (χ2v) is 9.66. The van der Waals surface area contributed by atoms with E-state index in [0.29, 0.717) is 39.7 Å². The molecule has 12 nitrogen and oxygen atoms in total. The number of benzene rings is 1. The van der Waals surface area contributed by atoms with Gasteiger partial charge in [0.15, 0.2) is 23.6 Å². The molecule has 6 N–H and O–H groups in total. The molecule has 0 bridgehead atoms. The summed E-state index contributed by atoms with van der Waals surface area (Å²) in [5.74, 6) is -0.492. The second kappa shape index (κ2) is 9.04. The third-order valence-corrected chi connectivity index (χ3v) is 7.28. The van der Waals surface area contributed by atoms with Crippen LogP contribution >= 0.6 is 23.2 Å². The lowest BCUT2D eigenvalue weighted by Crippen LogP contribution is -2.41. The summed E-state index contributed by atoms with van der Waals surface area (Å²) in [6.07, 6.45) is -0.496. The van der Waals surface area contributed by atoms with Crippen LogP contribution in [0.15, 0.2) is 24.5 Å². The summed E-state index contributed by atoms with van der Waals surface area (Å²) in [6.45, 7) is -0.103. The maximum atomic E-state index is 12.5. The number of imidazole rings is 1. The van der Waals surface area contributed by atoms with Gasteiger partial charge < -0.3 is 35.9 Å². The Balaban J connectivity index is 1.45. The molecule has 2 aliphatic carbocycles. The molecule has 0 spiro atoms. The molecule has 14 heteroatoms. The Morgan fingerprint density at radius 3 is 2.81 bits per heavy atom. The highest BCUT2D eigenvalue weighted by molar-refractivity contribution is 6.30. The zero-order valence-electron chi connectivity index (χ0n) is 19.0. The van der Waals surface area contributed by atoms with Crippen molar-refractivity contribution in [3.05, 3.63) is 40.4 Å². The van der Waals surface area contributed by atoms with Gasteiger partial charge in [-0.05, 0) is 36.2 Å². The number of aromatic nitrogens is 4. The number of nitrogens with two attached hydrogens (primary N) is 1. The fourth-order valence-corrected chi connectivity index (χ4v) is 5.53. The van der Waals surface area contributed by atoms with E-state index in [9.17, 15) is 19.8 Å². The van der Waals surface area contributed by atoms with E-state index in [1.54, 1.807) is 22.8 Å². The molecule has 0 radical (unpaired) electrons. The van der Waals surface area contributed by atoms with Gasteiger partial charge in [0.25, 0.3) is 5.91 Å². The van der Waals surface area contributed by atoms with Crippen molar-refractivity contribution in [2.24, 2.45) is 17.1 Å². The summed E-state index contributed by atoms with van der Waals surface area (Å²) in [4.78, 5) is 36.6. The highest BCUT2D eigenvalue weighted by Gasteiger charge is 2.75. The molecular formula is C22H23Cl2N7O5. The molecule has 190 valence electrons. The van der Waals surface area contributed by atoms with Gasteiger partial charge in [-0.1, -0.05) is 11.6 Å². The summed E-state index contributed by atoms with van der Waals surface area (Å²) in [6, 6.07) is 4.30. The Morgan fingerprint density at radius 2 is 2.08 bits per heavy atom. The molecule has 2 fully saturated rings. The van der Waals surface area contributed by atoms with Crippen molar-refractivity contribution >= 4 is 52.0 Å². The van der Waals surface area contributed by atoms with Gasteiger partial charge in [-0.25, -0.2) is 4.98 Å². The number of halogens is 2. The lowest BCUT2D eigenvalue weighted by molar-refractivity contribution is -0.132. The molecule has 2 saturated carbocycles. The SMILES string of the molecule is CNC(=O)[C@]12C[C@H]1[C@@H](n1cnc3c(NCc4cc(Cl)ccc4OCC(N)=O)nc(Cl)nc31)[C@H](O)[C@@H]2O. The minimum Gasteiger partial charge on any atom is -0.483 e. The lowest BCUT2D eigenvalue weighted by atomic mass is 9.98. The van der Waals surface area contributed by atoms with Crippen LogP contribution in [0.5, 0.6) is 5.75 Å². The topological polar surface area (TPSA) is 178 Å². The molecule has 2 aliphatic rings. The number of hydrogen-bond acceptors (Lipinski definition) is 9. The monoisotopic (exact) mass is 535 g/mol. The van der Waals surface area contributed by atoms with Crippen LogP contribution in [-0.4, -0.2) is 67.4 Å². The van der Waals surface area contributed by atoms with Crippen LogP contribution in [0.1, 0.15) is 18.0 Å². The number of aliphatic hydroxyl groups excluding tert-OH is 2. The first-order valence-corrected chi connectivity index (χ1v) is 11.8. The van der Waals surface area contributed by atoms with E-state index >= 15 is 0 Å². The number of amides is 2. The van der Waals surface area contributed by atoms with E-state index < -0.39 is 29.6 Å². The van der Waals surface area contributed by atoms with Crippen LogP contribution in [0.3, 0.4) is 0 Å². The Morgan fingerprint density at radius 1 is 1.31 bits per heavy atom.